The second-order valence-electron chi connectivity index (χ2n) is 11.6. The molecule has 1 aliphatic carbocycles. The number of fused-ring (bicyclic) bond motifs is 1. The van der Waals surface area contributed by atoms with Crippen molar-refractivity contribution in [2.24, 2.45) is 11.8 Å². The van der Waals surface area contributed by atoms with Crippen LogP contribution in [0.5, 0.6) is 5.75 Å². The van der Waals surface area contributed by atoms with Gasteiger partial charge in [-0.05, 0) is 82.7 Å². The van der Waals surface area contributed by atoms with Crippen molar-refractivity contribution in [1.82, 2.24) is 15.5 Å². The van der Waals surface area contributed by atoms with Gasteiger partial charge in [-0.15, -0.1) is 0 Å². The average molecular weight is 534 g/mol. The second-order valence-corrected chi connectivity index (χ2v) is 11.6. The number of likely N-dealkylation sites (N-methyl/N-ethyl adjacent to an activating group) is 1. The van der Waals surface area contributed by atoms with Crippen LogP contribution in [-0.4, -0.2) is 75.3 Å². The van der Waals surface area contributed by atoms with Crippen molar-refractivity contribution in [1.29, 1.82) is 0 Å². The second kappa shape index (κ2) is 13.9. The van der Waals surface area contributed by atoms with Gasteiger partial charge in [-0.25, -0.2) is 9.18 Å². The van der Waals surface area contributed by atoms with Gasteiger partial charge in [-0.3, -0.25) is 0 Å². The minimum atomic E-state index is -1.07. The zero-order valence-electron chi connectivity index (χ0n) is 23.4. The minimum absolute atomic E-state index is 0.00718. The molecule has 2 heterocycles. The SMILES string of the molecule is CNC[C@H](CC1CCC(F)CC1)NC(=O)N1CCC[C@@H]([C@@](O)(CCCCOC)c2cccc3c2OCC3)C1. The first kappa shape index (κ1) is 29.1. The first-order valence-corrected chi connectivity index (χ1v) is 14.7. The van der Waals surface area contributed by atoms with Crippen LogP contribution in [0.2, 0.25) is 0 Å². The van der Waals surface area contributed by atoms with Gasteiger partial charge in [0.25, 0.3) is 0 Å². The van der Waals surface area contributed by atoms with Crippen LogP contribution < -0.4 is 15.4 Å². The lowest BCUT2D eigenvalue weighted by atomic mass is 9.73. The Bertz CT molecular complexity index is 894. The van der Waals surface area contributed by atoms with Gasteiger partial charge in [-0.1, -0.05) is 18.2 Å². The third-order valence-corrected chi connectivity index (χ3v) is 8.89. The highest BCUT2D eigenvalue weighted by atomic mass is 19.1. The molecule has 3 atom stereocenters. The summed E-state index contributed by atoms with van der Waals surface area (Å²) in [7, 11) is 3.60. The number of hydrogen-bond donors (Lipinski definition) is 3. The van der Waals surface area contributed by atoms with Crippen molar-refractivity contribution in [3.63, 3.8) is 0 Å². The normalized spacial score (nSPS) is 25.8. The van der Waals surface area contributed by atoms with Gasteiger partial charge in [0.15, 0.2) is 0 Å². The molecule has 1 aromatic rings. The van der Waals surface area contributed by atoms with Crippen LogP contribution in [0, 0.1) is 11.8 Å². The quantitative estimate of drug-likeness (QED) is 0.343. The number of rotatable bonds is 12. The molecule has 0 unspecified atom stereocenters. The van der Waals surface area contributed by atoms with E-state index in [-0.39, 0.29) is 18.0 Å². The Hall–Kier alpha value is -1.90. The number of hydrogen-bond acceptors (Lipinski definition) is 5. The molecule has 3 aliphatic rings. The van der Waals surface area contributed by atoms with Gasteiger partial charge in [0.1, 0.15) is 11.9 Å². The van der Waals surface area contributed by atoms with Gasteiger partial charge >= 0.3 is 6.03 Å². The summed E-state index contributed by atoms with van der Waals surface area (Å²) >= 11 is 0. The van der Waals surface area contributed by atoms with E-state index in [2.05, 4.69) is 16.7 Å². The van der Waals surface area contributed by atoms with Gasteiger partial charge in [0.05, 0.1) is 12.2 Å². The number of aliphatic hydroxyl groups is 1. The van der Waals surface area contributed by atoms with Gasteiger partial charge in [0.2, 0.25) is 0 Å². The van der Waals surface area contributed by atoms with Crippen molar-refractivity contribution < 1.29 is 23.8 Å². The molecule has 0 aromatic heterocycles. The number of amides is 2. The van der Waals surface area contributed by atoms with Crippen molar-refractivity contribution in [3.8, 4) is 5.75 Å². The number of alkyl halides is 1. The fourth-order valence-electron chi connectivity index (χ4n) is 6.77. The molecule has 8 heteroatoms. The van der Waals surface area contributed by atoms with Crippen LogP contribution in [0.25, 0.3) is 0 Å². The molecule has 7 nitrogen and oxygen atoms in total. The van der Waals surface area contributed by atoms with E-state index in [1.165, 1.54) is 0 Å². The molecular weight excluding hydrogens is 485 g/mol. The number of nitrogens with one attached hydrogen (secondary N) is 2. The Balaban J connectivity index is 1.45. The fraction of sp³-hybridized carbons (Fsp3) is 0.767. The Morgan fingerprint density at radius 2 is 2.08 bits per heavy atom. The lowest BCUT2D eigenvalue weighted by Gasteiger charge is -2.43. The van der Waals surface area contributed by atoms with E-state index in [1.807, 2.05) is 24.1 Å². The molecular formula is C30H48FN3O4. The number of halogens is 1. The lowest BCUT2D eigenvalue weighted by molar-refractivity contribution is -0.0577. The number of ether oxygens (including phenoxy) is 2. The molecule has 4 rings (SSSR count). The smallest absolute Gasteiger partial charge is 0.317 e. The highest BCUT2D eigenvalue weighted by Gasteiger charge is 2.44. The van der Waals surface area contributed by atoms with Crippen LogP contribution in [0.1, 0.15) is 75.3 Å². The number of methoxy groups -OCH3 is 1. The van der Waals surface area contributed by atoms with E-state index in [4.69, 9.17) is 9.47 Å². The fourth-order valence-corrected chi connectivity index (χ4v) is 6.77. The first-order valence-electron chi connectivity index (χ1n) is 14.7. The summed E-state index contributed by atoms with van der Waals surface area (Å²) in [5.74, 6) is 1.20. The van der Waals surface area contributed by atoms with Crippen molar-refractivity contribution >= 4 is 6.03 Å². The molecule has 2 fully saturated rings. The van der Waals surface area contributed by atoms with Crippen LogP contribution >= 0.6 is 0 Å². The molecule has 214 valence electrons. The zero-order chi connectivity index (χ0) is 27.0. The van der Waals surface area contributed by atoms with Crippen LogP contribution in [0.4, 0.5) is 9.18 Å². The number of nitrogens with zero attached hydrogens (tertiary/aromatic N) is 1. The Kier molecular flexibility index (Phi) is 10.7. The number of para-hydroxylation sites is 1. The molecule has 2 amide bonds. The molecule has 0 bridgehead atoms. The van der Waals surface area contributed by atoms with Crippen molar-refractivity contribution in [3.05, 3.63) is 29.3 Å². The van der Waals surface area contributed by atoms with Crippen molar-refractivity contribution in [2.75, 3.05) is 47.0 Å². The third kappa shape index (κ3) is 7.19. The highest BCUT2D eigenvalue weighted by molar-refractivity contribution is 5.74. The molecule has 1 saturated heterocycles. The number of likely N-dealkylation sites (tertiary alicyclic amines) is 1. The average Bonchev–Trinajstić information content (AvgIpc) is 3.42. The summed E-state index contributed by atoms with van der Waals surface area (Å²) in [5.41, 5.74) is 0.950. The maximum Gasteiger partial charge on any atom is 0.317 e. The standard InChI is InChI=1S/C30H48FN3O4/c1-32-20-26(19-22-10-12-25(31)13-11-22)33-29(35)34-16-6-8-24(21-34)30(36,15-3-4-17-37-2)27-9-5-7-23-14-18-38-28(23)27/h5,7,9,22,24-26,32,36H,3-4,6,8,10-21H2,1-2H3,(H,33,35)/t22?,24-,25?,26+,30+/m1/s1. The predicted octanol–water partition coefficient (Wildman–Crippen LogP) is 4.55. The number of urea groups is 1. The van der Waals surface area contributed by atoms with E-state index in [0.717, 1.165) is 68.2 Å². The Morgan fingerprint density at radius 1 is 1.26 bits per heavy atom. The molecule has 0 spiro atoms. The predicted molar refractivity (Wildman–Crippen MR) is 147 cm³/mol. The molecule has 0 radical (unpaired) electrons. The summed E-state index contributed by atoms with van der Waals surface area (Å²) in [6.45, 7) is 3.19. The largest absolute Gasteiger partial charge is 0.493 e. The van der Waals surface area contributed by atoms with E-state index in [0.29, 0.717) is 58.0 Å². The van der Waals surface area contributed by atoms with Crippen molar-refractivity contribution in [2.45, 2.75) is 88.4 Å². The summed E-state index contributed by atoms with van der Waals surface area (Å²) in [4.78, 5) is 15.4. The third-order valence-electron chi connectivity index (χ3n) is 8.89. The summed E-state index contributed by atoms with van der Waals surface area (Å²) in [6.07, 6.45) is 8.15. The minimum Gasteiger partial charge on any atom is -0.493 e. The Morgan fingerprint density at radius 3 is 2.84 bits per heavy atom. The number of piperidine rings is 1. The number of unbranched alkanes of at least 4 members (excludes halogenated alkanes) is 1. The summed E-state index contributed by atoms with van der Waals surface area (Å²) < 4.78 is 24.9. The first-order chi connectivity index (χ1) is 18.4. The van der Waals surface area contributed by atoms with Gasteiger partial charge in [-0.2, -0.15) is 0 Å². The number of carbonyl (C=O) groups excluding carboxylic acids is 1. The number of benzene rings is 1. The van der Waals surface area contributed by atoms with Gasteiger partial charge in [0, 0.05) is 57.3 Å². The van der Waals surface area contributed by atoms with E-state index in [9.17, 15) is 14.3 Å². The topological polar surface area (TPSA) is 83.1 Å². The molecule has 1 saturated carbocycles. The van der Waals surface area contributed by atoms with Crippen LogP contribution in [0.3, 0.4) is 0 Å². The number of carbonyl (C=O) groups is 1. The lowest BCUT2D eigenvalue weighted by Crippen LogP contribution is -2.54. The molecule has 1 aromatic carbocycles. The summed E-state index contributed by atoms with van der Waals surface area (Å²) in [6, 6.07) is 6.06. The highest BCUT2D eigenvalue weighted by Crippen LogP contribution is 2.45. The summed E-state index contributed by atoms with van der Waals surface area (Å²) in [5, 5.41) is 18.8. The van der Waals surface area contributed by atoms with E-state index < -0.39 is 11.8 Å². The van der Waals surface area contributed by atoms with E-state index in [1.54, 1.807) is 7.11 Å². The van der Waals surface area contributed by atoms with Crippen LogP contribution in [-0.2, 0) is 16.8 Å². The molecule has 2 aliphatic heterocycles. The maximum absolute atomic E-state index is 13.6. The Labute approximate surface area is 227 Å². The van der Waals surface area contributed by atoms with E-state index >= 15 is 0 Å². The maximum atomic E-state index is 13.6. The molecule has 3 N–H and O–H groups in total. The van der Waals surface area contributed by atoms with Gasteiger partial charge < -0.3 is 30.1 Å². The monoisotopic (exact) mass is 533 g/mol. The van der Waals surface area contributed by atoms with Crippen LogP contribution in [0.15, 0.2) is 18.2 Å². The molecule has 38 heavy (non-hydrogen) atoms. The zero-order valence-corrected chi connectivity index (χ0v) is 23.4.